The Balaban J connectivity index is 2.34. The number of thiazole rings is 1. The maximum atomic E-state index is 13.6. The van der Waals surface area contributed by atoms with Crippen LogP contribution in [-0.2, 0) is 0 Å². The van der Waals surface area contributed by atoms with Crippen molar-refractivity contribution in [2.24, 2.45) is 5.73 Å². The lowest BCUT2D eigenvalue weighted by atomic mass is 10.1. The van der Waals surface area contributed by atoms with E-state index in [0.29, 0.717) is 10.9 Å². The molecule has 18 heavy (non-hydrogen) atoms. The van der Waals surface area contributed by atoms with Crippen molar-refractivity contribution < 1.29 is 8.78 Å². The van der Waals surface area contributed by atoms with Crippen LogP contribution in [0.3, 0.4) is 0 Å². The molecule has 0 amide bonds. The molecule has 1 aromatic carbocycles. The van der Waals surface area contributed by atoms with Crippen LogP contribution in [-0.4, -0.2) is 4.98 Å². The molecule has 0 aliphatic carbocycles. The number of hydrogen-bond acceptors (Lipinski definition) is 3. The van der Waals surface area contributed by atoms with Gasteiger partial charge in [0.15, 0.2) is 0 Å². The predicted octanol–water partition coefficient (Wildman–Crippen LogP) is 3.59. The van der Waals surface area contributed by atoms with E-state index in [2.05, 4.69) is 4.98 Å². The van der Waals surface area contributed by atoms with Crippen LogP contribution in [0.5, 0.6) is 0 Å². The third-order valence-corrected chi connectivity index (χ3v) is 3.64. The minimum atomic E-state index is -0.724. The van der Waals surface area contributed by atoms with Crippen LogP contribution >= 0.6 is 11.3 Å². The Labute approximate surface area is 108 Å². The molecule has 1 atom stereocenters. The van der Waals surface area contributed by atoms with Gasteiger partial charge in [-0.3, -0.25) is 0 Å². The van der Waals surface area contributed by atoms with Gasteiger partial charge >= 0.3 is 0 Å². The highest BCUT2D eigenvalue weighted by molar-refractivity contribution is 7.09. The number of benzene rings is 1. The lowest BCUT2D eigenvalue weighted by Gasteiger charge is -2.10. The molecule has 0 spiro atoms. The molecule has 2 nitrogen and oxygen atoms in total. The average Bonchev–Trinajstić information content (AvgIpc) is 2.81. The number of rotatable bonds is 3. The van der Waals surface area contributed by atoms with E-state index in [-0.39, 0.29) is 5.56 Å². The van der Waals surface area contributed by atoms with Crippen LogP contribution in [0.2, 0.25) is 0 Å². The van der Waals surface area contributed by atoms with Gasteiger partial charge in [-0.1, -0.05) is 13.8 Å². The van der Waals surface area contributed by atoms with E-state index in [9.17, 15) is 8.78 Å². The summed E-state index contributed by atoms with van der Waals surface area (Å²) in [7, 11) is 0. The molecule has 0 bridgehead atoms. The lowest BCUT2D eigenvalue weighted by molar-refractivity contribution is 0.576. The van der Waals surface area contributed by atoms with Crippen LogP contribution < -0.4 is 5.73 Å². The number of nitrogens with two attached hydrogens (primary N) is 1. The SMILES string of the molecule is CC(C)c1csc(C(N)c2cc(F)ccc2F)n1. The van der Waals surface area contributed by atoms with Crippen molar-refractivity contribution >= 4 is 11.3 Å². The van der Waals surface area contributed by atoms with E-state index >= 15 is 0 Å². The molecule has 0 saturated carbocycles. The first-order valence-corrected chi connectivity index (χ1v) is 6.53. The summed E-state index contributed by atoms with van der Waals surface area (Å²) in [5.74, 6) is -0.716. The molecule has 96 valence electrons. The van der Waals surface area contributed by atoms with Gasteiger partial charge in [-0.2, -0.15) is 0 Å². The molecular weight excluding hydrogens is 254 g/mol. The summed E-state index contributed by atoms with van der Waals surface area (Å²) in [5, 5.41) is 2.50. The third-order valence-electron chi connectivity index (χ3n) is 2.69. The quantitative estimate of drug-likeness (QED) is 0.923. The van der Waals surface area contributed by atoms with Crippen LogP contribution in [0.15, 0.2) is 23.6 Å². The minimum Gasteiger partial charge on any atom is -0.318 e. The van der Waals surface area contributed by atoms with Crippen molar-refractivity contribution in [2.75, 3.05) is 0 Å². The highest BCUT2D eigenvalue weighted by Gasteiger charge is 2.18. The topological polar surface area (TPSA) is 38.9 Å². The van der Waals surface area contributed by atoms with Crippen molar-refractivity contribution in [2.45, 2.75) is 25.8 Å². The predicted molar refractivity (Wildman–Crippen MR) is 68.6 cm³/mol. The molecule has 2 aromatic rings. The minimum absolute atomic E-state index is 0.139. The van der Waals surface area contributed by atoms with E-state index in [1.165, 1.54) is 11.3 Å². The molecule has 1 heterocycles. The molecular formula is C13H14F2N2S. The molecule has 0 aliphatic heterocycles. The van der Waals surface area contributed by atoms with Crippen molar-refractivity contribution in [3.05, 3.63) is 51.5 Å². The normalized spacial score (nSPS) is 13.0. The van der Waals surface area contributed by atoms with Gasteiger partial charge in [0, 0.05) is 10.9 Å². The smallest absolute Gasteiger partial charge is 0.128 e. The highest BCUT2D eigenvalue weighted by Crippen LogP contribution is 2.27. The fraction of sp³-hybridized carbons (Fsp3) is 0.308. The van der Waals surface area contributed by atoms with Crippen LogP contribution in [0.4, 0.5) is 8.78 Å². The Hall–Kier alpha value is -1.33. The first kappa shape index (κ1) is 13.1. The number of halogens is 2. The third kappa shape index (κ3) is 2.57. The zero-order chi connectivity index (χ0) is 13.3. The summed E-state index contributed by atoms with van der Waals surface area (Å²) in [6, 6.07) is 2.56. The Morgan fingerprint density at radius 1 is 1.28 bits per heavy atom. The van der Waals surface area contributed by atoms with Gasteiger partial charge in [-0.05, 0) is 24.1 Å². The molecule has 5 heteroatoms. The monoisotopic (exact) mass is 268 g/mol. The Morgan fingerprint density at radius 2 is 2.00 bits per heavy atom. The summed E-state index contributed by atoms with van der Waals surface area (Å²) in [6.07, 6.45) is 0. The largest absolute Gasteiger partial charge is 0.318 e. The summed E-state index contributed by atoms with van der Waals surface area (Å²) in [5.41, 5.74) is 7.00. The molecule has 0 fully saturated rings. The summed E-state index contributed by atoms with van der Waals surface area (Å²) in [6.45, 7) is 4.04. The molecule has 1 aromatic heterocycles. The lowest BCUT2D eigenvalue weighted by Crippen LogP contribution is -2.14. The zero-order valence-corrected chi connectivity index (χ0v) is 11.0. The molecule has 2 N–H and O–H groups in total. The van der Waals surface area contributed by atoms with Gasteiger partial charge < -0.3 is 5.73 Å². The summed E-state index contributed by atoms with van der Waals surface area (Å²) >= 11 is 1.37. The molecule has 0 radical (unpaired) electrons. The summed E-state index contributed by atoms with van der Waals surface area (Å²) in [4.78, 5) is 4.36. The van der Waals surface area contributed by atoms with Crippen LogP contribution in [0.25, 0.3) is 0 Å². The summed E-state index contributed by atoms with van der Waals surface area (Å²) < 4.78 is 26.7. The molecule has 1 unspecified atom stereocenters. The molecule has 0 saturated heterocycles. The number of aromatic nitrogens is 1. The fourth-order valence-corrected chi connectivity index (χ4v) is 2.59. The Morgan fingerprint density at radius 3 is 2.61 bits per heavy atom. The van der Waals surface area contributed by atoms with Gasteiger partial charge in [0.05, 0.1) is 11.7 Å². The van der Waals surface area contributed by atoms with E-state index < -0.39 is 17.7 Å². The fourth-order valence-electron chi connectivity index (χ4n) is 1.59. The molecule has 2 rings (SSSR count). The average molecular weight is 268 g/mol. The standard InChI is InChI=1S/C13H14F2N2S/c1-7(2)11-6-18-13(17-11)12(16)9-5-8(14)3-4-10(9)15/h3-7,12H,16H2,1-2H3. The van der Waals surface area contributed by atoms with E-state index in [4.69, 9.17) is 5.73 Å². The van der Waals surface area contributed by atoms with Crippen LogP contribution in [0, 0.1) is 11.6 Å². The van der Waals surface area contributed by atoms with E-state index in [0.717, 1.165) is 23.9 Å². The van der Waals surface area contributed by atoms with Gasteiger partial charge in [0.1, 0.15) is 16.6 Å². The van der Waals surface area contributed by atoms with E-state index in [1.807, 2.05) is 19.2 Å². The second kappa shape index (κ2) is 5.12. The Kier molecular flexibility index (Phi) is 3.73. The zero-order valence-electron chi connectivity index (χ0n) is 10.2. The van der Waals surface area contributed by atoms with Gasteiger partial charge in [0.25, 0.3) is 0 Å². The first-order valence-electron chi connectivity index (χ1n) is 5.65. The maximum Gasteiger partial charge on any atom is 0.128 e. The van der Waals surface area contributed by atoms with Crippen molar-refractivity contribution in [1.29, 1.82) is 0 Å². The Bertz CT molecular complexity index is 552. The first-order chi connectivity index (χ1) is 8.49. The van der Waals surface area contributed by atoms with Crippen LogP contribution in [0.1, 0.15) is 42.1 Å². The number of hydrogen-bond donors (Lipinski definition) is 1. The molecule has 0 aliphatic rings. The van der Waals surface area contributed by atoms with Gasteiger partial charge in [0.2, 0.25) is 0 Å². The van der Waals surface area contributed by atoms with E-state index in [1.54, 1.807) is 0 Å². The highest BCUT2D eigenvalue weighted by atomic mass is 32.1. The van der Waals surface area contributed by atoms with Crippen molar-refractivity contribution in [3.8, 4) is 0 Å². The second-order valence-corrected chi connectivity index (χ2v) is 5.30. The second-order valence-electron chi connectivity index (χ2n) is 4.41. The van der Waals surface area contributed by atoms with Gasteiger partial charge in [-0.25, -0.2) is 13.8 Å². The van der Waals surface area contributed by atoms with Crippen molar-refractivity contribution in [3.63, 3.8) is 0 Å². The maximum absolute atomic E-state index is 13.6. The van der Waals surface area contributed by atoms with Crippen molar-refractivity contribution in [1.82, 2.24) is 4.98 Å². The van der Waals surface area contributed by atoms with Gasteiger partial charge in [-0.15, -0.1) is 11.3 Å². The number of nitrogens with zero attached hydrogens (tertiary/aromatic N) is 1.